The van der Waals surface area contributed by atoms with Crippen molar-refractivity contribution in [3.05, 3.63) is 212 Å². The van der Waals surface area contributed by atoms with Gasteiger partial charge in [-0.3, -0.25) is 0 Å². The van der Waals surface area contributed by atoms with Crippen molar-refractivity contribution in [1.82, 2.24) is 15.0 Å². The predicted octanol–water partition coefficient (Wildman–Crippen LogP) is 14.5. The first-order chi connectivity index (χ1) is 29.2. The van der Waals surface area contributed by atoms with E-state index in [9.17, 15) is 0 Å². The van der Waals surface area contributed by atoms with Crippen LogP contribution in [0.1, 0.15) is 0 Å². The molecular formula is C55H35N3O. The van der Waals surface area contributed by atoms with Crippen LogP contribution < -0.4 is 4.74 Å². The average molecular weight is 754 g/mol. The van der Waals surface area contributed by atoms with E-state index in [1.165, 1.54) is 10.9 Å². The molecule has 59 heavy (non-hydrogen) atoms. The highest BCUT2D eigenvalue weighted by Crippen LogP contribution is 2.53. The highest BCUT2D eigenvalue weighted by molar-refractivity contribution is 6.07. The Morgan fingerprint density at radius 1 is 0.288 bits per heavy atom. The summed E-state index contributed by atoms with van der Waals surface area (Å²) < 4.78 is 6.97. The predicted molar refractivity (Wildman–Crippen MR) is 241 cm³/mol. The van der Waals surface area contributed by atoms with Crippen LogP contribution in [-0.2, 0) is 0 Å². The Hall–Kier alpha value is -7.95. The first kappa shape index (κ1) is 34.3. The number of rotatable bonds is 7. The van der Waals surface area contributed by atoms with Gasteiger partial charge >= 0.3 is 0 Å². The van der Waals surface area contributed by atoms with Crippen molar-refractivity contribution in [2.75, 3.05) is 0 Å². The Kier molecular flexibility index (Phi) is 8.45. The maximum atomic E-state index is 6.97. The summed E-state index contributed by atoms with van der Waals surface area (Å²) in [7, 11) is 0. The molecule has 1 aliphatic heterocycles. The lowest BCUT2D eigenvalue weighted by Gasteiger charge is -2.25. The smallest absolute Gasteiger partial charge is 0.164 e. The van der Waals surface area contributed by atoms with Gasteiger partial charge in [-0.15, -0.1) is 0 Å². The van der Waals surface area contributed by atoms with Crippen molar-refractivity contribution in [2.24, 2.45) is 0 Å². The largest absolute Gasteiger partial charge is 0.455 e. The minimum Gasteiger partial charge on any atom is -0.455 e. The van der Waals surface area contributed by atoms with Gasteiger partial charge < -0.3 is 4.74 Å². The lowest BCUT2D eigenvalue weighted by atomic mass is 9.83. The van der Waals surface area contributed by atoms with Gasteiger partial charge in [0.15, 0.2) is 17.5 Å². The van der Waals surface area contributed by atoms with Crippen LogP contribution in [0.5, 0.6) is 11.5 Å². The second-order valence-electron chi connectivity index (χ2n) is 14.7. The van der Waals surface area contributed by atoms with Crippen LogP contribution in [0, 0.1) is 0 Å². The summed E-state index contributed by atoms with van der Waals surface area (Å²) >= 11 is 0. The third kappa shape index (κ3) is 6.24. The van der Waals surface area contributed by atoms with E-state index in [-0.39, 0.29) is 0 Å². The normalized spacial score (nSPS) is 11.5. The molecule has 0 aliphatic carbocycles. The molecule has 0 amide bonds. The van der Waals surface area contributed by atoms with Crippen LogP contribution >= 0.6 is 0 Å². The Labute approximate surface area is 342 Å². The molecule has 0 unspecified atom stereocenters. The molecule has 4 nitrogen and oxygen atoms in total. The number of nitrogens with zero attached hydrogens (tertiary/aromatic N) is 3. The van der Waals surface area contributed by atoms with Crippen LogP contribution in [0.25, 0.3) is 101 Å². The number of para-hydroxylation sites is 1. The standard InChI is InChI=1S/C55H35N3O/c1-5-17-36(18-6-1)43-34-47(41-27-13-28-42(33-41)55-57-53(39-21-9-3-10-22-39)56-54(58-55)40-23-11-4-12-24-40)50(37-19-7-2-8-20-37)48(35-43)46-31-16-30-45-44-29-14-25-38-26-15-32-49(51(38)44)59-52(45)46/h1-35H. The van der Waals surface area contributed by atoms with E-state index in [4.69, 9.17) is 19.7 Å². The Bertz CT molecular complexity index is 3100. The summed E-state index contributed by atoms with van der Waals surface area (Å²) in [4.78, 5) is 15.1. The third-order valence-corrected chi connectivity index (χ3v) is 11.1. The summed E-state index contributed by atoms with van der Waals surface area (Å²) in [5.41, 5.74) is 13.7. The zero-order valence-electron chi connectivity index (χ0n) is 32.0. The first-order valence-corrected chi connectivity index (χ1v) is 19.9. The second kappa shape index (κ2) is 14.5. The van der Waals surface area contributed by atoms with E-state index in [0.717, 1.165) is 83.6 Å². The number of aromatic nitrogens is 3. The molecule has 9 aromatic carbocycles. The summed E-state index contributed by atoms with van der Waals surface area (Å²) in [6, 6.07) is 74.1. The number of hydrogen-bond acceptors (Lipinski definition) is 4. The molecule has 0 spiro atoms. The van der Waals surface area contributed by atoms with Gasteiger partial charge in [-0.25, -0.2) is 15.0 Å². The van der Waals surface area contributed by atoms with Gasteiger partial charge in [0.05, 0.1) is 0 Å². The zero-order valence-corrected chi connectivity index (χ0v) is 32.0. The number of benzene rings is 9. The Balaban J connectivity index is 1.16. The van der Waals surface area contributed by atoms with Gasteiger partial charge in [0.1, 0.15) is 11.5 Å². The maximum Gasteiger partial charge on any atom is 0.164 e. The van der Waals surface area contributed by atoms with Crippen LogP contribution in [-0.4, -0.2) is 15.0 Å². The first-order valence-electron chi connectivity index (χ1n) is 19.9. The van der Waals surface area contributed by atoms with Crippen molar-refractivity contribution in [3.63, 3.8) is 0 Å². The summed E-state index contributed by atoms with van der Waals surface area (Å²) in [6.45, 7) is 0. The van der Waals surface area contributed by atoms with Crippen molar-refractivity contribution in [2.45, 2.75) is 0 Å². The lowest BCUT2D eigenvalue weighted by Crippen LogP contribution is -2.01. The van der Waals surface area contributed by atoms with Gasteiger partial charge in [0, 0.05) is 33.2 Å². The minimum absolute atomic E-state index is 0.610. The van der Waals surface area contributed by atoms with Crippen LogP contribution in [0.2, 0.25) is 0 Å². The van der Waals surface area contributed by atoms with Gasteiger partial charge in [-0.05, 0) is 74.2 Å². The molecule has 0 atom stereocenters. The molecular weight excluding hydrogens is 719 g/mol. The number of hydrogen-bond donors (Lipinski definition) is 0. The average Bonchev–Trinajstić information content (AvgIpc) is 3.32. The van der Waals surface area contributed by atoms with Crippen LogP contribution in [0.15, 0.2) is 212 Å². The molecule has 0 saturated heterocycles. The zero-order chi connectivity index (χ0) is 39.1. The SMILES string of the molecule is c1ccc(-c2cc(-c3cccc(-c4nc(-c5ccccc5)nc(-c5ccccc5)n4)c3)c(-c3ccccc3)c(-c3cccc4c3Oc3cccc5cccc-4c35)c2)cc1. The van der Waals surface area contributed by atoms with E-state index >= 15 is 0 Å². The molecule has 11 rings (SSSR count). The second-order valence-corrected chi connectivity index (χ2v) is 14.7. The fraction of sp³-hybridized carbons (Fsp3) is 0. The molecule has 0 fully saturated rings. The molecule has 0 N–H and O–H groups in total. The van der Waals surface area contributed by atoms with E-state index in [1.54, 1.807) is 0 Å². The summed E-state index contributed by atoms with van der Waals surface area (Å²) in [5, 5.41) is 2.31. The van der Waals surface area contributed by atoms with E-state index in [1.807, 2.05) is 60.7 Å². The monoisotopic (exact) mass is 753 g/mol. The maximum absolute atomic E-state index is 6.97. The summed E-state index contributed by atoms with van der Waals surface area (Å²) in [6.07, 6.45) is 0. The summed E-state index contributed by atoms with van der Waals surface area (Å²) in [5.74, 6) is 3.59. The van der Waals surface area contributed by atoms with E-state index in [0.29, 0.717) is 17.5 Å². The van der Waals surface area contributed by atoms with Crippen LogP contribution in [0.4, 0.5) is 0 Å². The molecule has 1 aliphatic rings. The number of ether oxygens (including phenoxy) is 1. The third-order valence-electron chi connectivity index (χ3n) is 11.1. The molecule has 0 radical (unpaired) electrons. The molecule has 1 aromatic heterocycles. The molecule has 0 saturated carbocycles. The van der Waals surface area contributed by atoms with E-state index < -0.39 is 0 Å². The van der Waals surface area contributed by atoms with Gasteiger partial charge in [-0.2, -0.15) is 0 Å². The van der Waals surface area contributed by atoms with E-state index in [2.05, 4.69) is 152 Å². The highest BCUT2D eigenvalue weighted by atomic mass is 16.5. The van der Waals surface area contributed by atoms with Crippen molar-refractivity contribution >= 4 is 10.8 Å². The fourth-order valence-electron chi connectivity index (χ4n) is 8.36. The quantitative estimate of drug-likeness (QED) is 0.163. The van der Waals surface area contributed by atoms with Crippen molar-refractivity contribution in [3.8, 4) is 101 Å². The van der Waals surface area contributed by atoms with Gasteiger partial charge in [0.25, 0.3) is 0 Å². The molecule has 10 aromatic rings. The molecule has 276 valence electrons. The van der Waals surface area contributed by atoms with Crippen LogP contribution in [0.3, 0.4) is 0 Å². The van der Waals surface area contributed by atoms with Crippen molar-refractivity contribution in [1.29, 1.82) is 0 Å². The Morgan fingerprint density at radius 2 is 0.746 bits per heavy atom. The lowest BCUT2D eigenvalue weighted by molar-refractivity contribution is 0.489. The topological polar surface area (TPSA) is 47.9 Å². The fourth-order valence-corrected chi connectivity index (χ4v) is 8.36. The van der Waals surface area contributed by atoms with Crippen molar-refractivity contribution < 1.29 is 4.74 Å². The molecule has 2 heterocycles. The van der Waals surface area contributed by atoms with Gasteiger partial charge in [0.2, 0.25) is 0 Å². The Morgan fingerprint density at radius 3 is 1.39 bits per heavy atom. The highest BCUT2D eigenvalue weighted by Gasteiger charge is 2.26. The molecule has 4 heteroatoms. The minimum atomic E-state index is 0.610. The van der Waals surface area contributed by atoms with Gasteiger partial charge in [-0.1, -0.05) is 188 Å². The number of fused-ring (bicyclic) bond motifs is 2. The molecule has 0 bridgehead atoms.